The van der Waals surface area contributed by atoms with Crippen molar-refractivity contribution in [1.82, 2.24) is 5.32 Å². The highest BCUT2D eigenvalue weighted by Gasteiger charge is 2.13. The molecule has 0 unspecified atom stereocenters. The van der Waals surface area contributed by atoms with Gasteiger partial charge in [-0.2, -0.15) is 0 Å². The number of para-hydroxylation sites is 1. The van der Waals surface area contributed by atoms with E-state index in [0.29, 0.717) is 12.3 Å². The van der Waals surface area contributed by atoms with Crippen molar-refractivity contribution in [3.05, 3.63) is 66.0 Å². The van der Waals surface area contributed by atoms with E-state index in [4.69, 9.17) is 4.74 Å². The van der Waals surface area contributed by atoms with Crippen LogP contribution in [0.25, 0.3) is 0 Å². The summed E-state index contributed by atoms with van der Waals surface area (Å²) in [7, 11) is 0. The van der Waals surface area contributed by atoms with E-state index in [-0.39, 0.29) is 11.7 Å². The normalized spacial score (nSPS) is 11.7. The first-order valence-electron chi connectivity index (χ1n) is 6.39. The molecule has 0 heterocycles. The van der Waals surface area contributed by atoms with E-state index >= 15 is 0 Å². The predicted molar refractivity (Wildman–Crippen MR) is 74.8 cm³/mol. The molecule has 0 radical (unpaired) electrons. The highest BCUT2D eigenvalue weighted by Crippen LogP contribution is 2.11. The third-order valence-corrected chi connectivity index (χ3v) is 2.81. The van der Waals surface area contributed by atoms with Crippen LogP contribution in [0.1, 0.15) is 12.5 Å². The Bertz CT molecular complexity index is 554. The van der Waals surface area contributed by atoms with Gasteiger partial charge in [0.15, 0.2) is 6.10 Å². The Kier molecular flexibility index (Phi) is 4.71. The summed E-state index contributed by atoms with van der Waals surface area (Å²) in [5, 5.41) is 2.75. The minimum atomic E-state index is -0.585. The van der Waals surface area contributed by atoms with Crippen molar-refractivity contribution in [2.75, 3.05) is 0 Å². The van der Waals surface area contributed by atoms with Gasteiger partial charge in [-0.1, -0.05) is 30.3 Å². The van der Waals surface area contributed by atoms with Crippen molar-refractivity contribution >= 4 is 5.91 Å². The molecule has 20 heavy (non-hydrogen) atoms. The molecule has 1 atom stereocenters. The number of halogens is 1. The second-order valence-corrected chi connectivity index (χ2v) is 4.42. The standard InChI is InChI=1S/C16H16FNO2/c1-12(20-15-5-3-2-4-6-15)16(19)18-11-13-7-9-14(17)10-8-13/h2-10,12H,11H2,1H3,(H,18,19)/t12-/m0/s1. The highest BCUT2D eigenvalue weighted by molar-refractivity contribution is 5.80. The first-order chi connectivity index (χ1) is 9.65. The molecule has 1 N–H and O–H groups in total. The predicted octanol–water partition coefficient (Wildman–Crippen LogP) is 2.91. The van der Waals surface area contributed by atoms with Crippen LogP contribution in [-0.2, 0) is 11.3 Å². The number of carbonyl (C=O) groups excluding carboxylic acids is 1. The molecule has 0 bridgehead atoms. The molecule has 2 aromatic carbocycles. The van der Waals surface area contributed by atoms with Gasteiger partial charge in [-0.25, -0.2) is 4.39 Å². The van der Waals surface area contributed by atoms with Crippen LogP contribution in [0.15, 0.2) is 54.6 Å². The molecule has 0 aliphatic rings. The molecule has 0 fully saturated rings. The molecule has 0 spiro atoms. The lowest BCUT2D eigenvalue weighted by atomic mass is 10.2. The maximum atomic E-state index is 12.7. The quantitative estimate of drug-likeness (QED) is 0.909. The van der Waals surface area contributed by atoms with Crippen molar-refractivity contribution in [1.29, 1.82) is 0 Å². The first-order valence-corrected chi connectivity index (χ1v) is 6.39. The van der Waals surface area contributed by atoms with Crippen molar-refractivity contribution < 1.29 is 13.9 Å². The Labute approximate surface area is 117 Å². The van der Waals surface area contributed by atoms with Gasteiger partial charge in [-0.3, -0.25) is 4.79 Å². The van der Waals surface area contributed by atoms with E-state index in [1.54, 1.807) is 31.2 Å². The van der Waals surface area contributed by atoms with Crippen molar-refractivity contribution in [2.24, 2.45) is 0 Å². The summed E-state index contributed by atoms with van der Waals surface area (Å²) in [6, 6.07) is 15.2. The summed E-state index contributed by atoms with van der Waals surface area (Å²) >= 11 is 0. The molecule has 104 valence electrons. The summed E-state index contributed by atoms with van der Waals surface area (Å²) in [4.78, 5) is 11.9. The number of benzene rings is 2. The second-order valence-electron chi connectivity index (χ2n) is 4.42. The first kappa shape index (κ1) is 14.1. The maximum Gasteiger partial charge on any atom is 0.261 e. The summed E-state index contributed by atoms with van der Waals surface area (Å²) in [5.74, 6) is 0.149. The van der Waals surface area contributed by atoms with Gasteiger partial charge in [0.05, 0.1) is 0 Å². The molecule has 2 aromatic rings. The van der Waals surface area contributed by atoms with E-state index in [1.807, 2.05) is 18.2 Å². The van der Waals surface area contributed by atoms with E-state index in [1.165, 1.54) is 12.1 Å². The Hall–Kier alpha value is -2.36. The van der Waals surface area contributed by atoms with E-state index < -0.39 is 6.10 Å². The van der Waals surface area contributed by atoms with Crippen LogP contribution in [0.5, 0.6) is 5.75 Å². The van der Waals surface area contributed by atoms with Gasteiger partial charge in [0, 0.05) is 6.54 Å². The number of nitrogens with one attached hydrogen (secondary N) is 1. The molecular weight excluding hydrogens is 257 g/mol. The van der Waals surface area contributed by atoms with Crippen LogP contribution >= 0.6 is 0 Å². The van der Waals surface area contributed by atoms with Crippen molar-refractivity contribution in [3.8, 4) is 5.75 Å². The molecule has 2 rings (SSSR count). The van der Waals surface area contributed by atoms with Gasteiger partial charge in [-0.15, -0.1) is 0 Å². The highest BCUT2D eigenvalue weighted by atomic mass is 19.1. The fourth-order valence-electron chi connectivity index (χ4n) is 1.69. The van der Waals surface area contributed by atoms with Crippen LogP contribution in [0, 0.1) is 5.82 Å². The fourth-order valence-corrected chi connectivity index (χ4v) is 1.69. The number of amides is 1. The van der Waals surface area contributed by atoms with Crippen LogP contribution < -0.4 is 10.1 Å². The lowest BCUT2D eigenvalue weighted by Crippen LogP contribution is -2.35. The zero-order chi connectivity index (χ0) is 14.4. The zero-order valence-corrected chi connectivity index (χ0v) is 11.2. The molecule has 0 aliphatic carbocycles. The number of carbonyl (C=O) groups is 1. The summed E-state index contributed by atoms with van der Waals surface area (Å²) in [5.41, 5.74) is 0.840. The van der Waals surface area contributed by atoms with E-state index in [9.17, 15) is 9.18 Å². The Morgan fingerprint density at radius 3 is 2.45 bits per heavy atom. The second kappa shape index (κ2) is 6.70. The van der Waals surface area contributed by atoms with Crippen LogP contribution in [0.3, 0.4) is 0 Å². The summed E-state index contributed by atoms with van der Waals surface area (Å²) < 4.78 is 18.3. The number of hydrogen-bond acceptors (Lipinski definition) is 2. The molecule has 0 saturated carbocycles. The largest absolute Gasteiger partial charge is 0.481 e. The SMILES string of the molecule is C[C@H](Oc1ccccc1)C(=O)NCc1ccc(F)cc1. The Morgan fingerprint density at radius 1 is 1.15 bits per heavy atom. The average Bonchev–Trinajstić information content (AvgIpc) is 2.47. The molecule has 3 nitrogen and oxygen atoms in total. The molecular formula is C16H16FNO2. The Balaban J connectivity index is 1.83. The monoisotopic (exact) mass is 273 g/mol. The van der Waals surface area contributed by atoms with E-state index in [2.05, 4.69) is 5.32 Å². The Morgan fingerprint density at radius 2 is 1.80 bits per heavy atom. The molecule has 0 saturated heterocycles. The number of rotatable bonds is 5. The zero-order valence-electron chi connectivity index (χ0n) is 11.2. The minimum absolute atomic E-state index is 0.210. The maximum absolute atomic E-state index is 12.7. The van der Waals surface area contributed by atoms with Gasteiger partial charge in [0.1, 0.15) is 11.6 Å². The van der Waals surface area contributed by atoms with Crippen molar-refractivity contribution in [2.45, 2.75) is 19.6 Å². The molecule has 0 aromatic heterocycles. The van der Waals surface area contributed by atoms with Crippen LogP contribution in [0.2, 0.25) is 0 Å². The van der Waals surface area contributed by atoms with Gasteiger partial charge >= 0.3 is 0 Å². The fraction of sp³-hybridized carbons (Fsp3) is 0.188. The van der Waals surface area contributed by atoms with Gasteiger partial charge < -0.3 is 10.1 Å². The van der Waals surface area contributed by atoms with Gasteiger partial charge in [-0.05, 0) is 36.8 Å². The smallest absolute Gasteiger partial charge is 0.261 e. The van der Waals surface area contributed by atoms with Gasteiger partial charge in [0.25, 0.3) is 5.91 Å². The molecule has 4 heteroatoms. The average molecular weight is 273 g/mol. The minimum Gasteiger partial charge on any atom is -0.481 e. The number of ether oxygens (including phenoxy) is 1. The van der Waals surface area contributed by atoms with Crippen molar-refractivity contribution in [3.63, 3.8) is 0 Å². The molecule has 1 amide bonds. The third kappa shape index (κ3) is 4.09. The number of hydrogen-bond donors (Lipinski definition) is 1. The summed E-state index contributed by atoms with van der Waals surface area (Å²) in [6.07, 6.45) is -0.585. The topological polar surface area (TPSA) is 38.3 Å². The van der Waals surface area contributed by atoms with E-state index in [0.717, 1.165) is 5.56 Å². The third-order valence-electron chi connectivity index (χ3n) is 2.81. The van der Waals surface area contributed by atoms with Crippen LogP contribution in [0.4, 0.5) is 4.39 Å². The lowest BCUT2D eigenvalue weighted by molar-refractivity contribution is -0.127. The summed E-state index contributed by atoms with van der Waals surface area (Å²) in [6.45, 7) is 2.04. The van der Waals surface area contributed by atoms with Gasteiger partial charge in [0.2, 0.25) is 0 Å². The van der Waals surface area contributed by atoms with Crippen LogP contribution in [-0.4, -0.2) is 12.0 Å². The lowest BCUT2D eigenvalue weighted by Gasteiger charge is -2.14. The molecule has 0 aliphatic heterocycles.